The van der Waals surface area contributed by atoms with E-state index in [2.05, 4.69) is 5.32 Å². The Hall–Kier alpha value is -2.11. The number of rotatable bonds is 3. The first-order valence-corrected chi connectivity index (χ1v) is 5.76. The summed E-state index contributed by atoms with van der Waals surface area (Å²) in [5.41, 5.74) is -0.228. The van der Waals surface area contributed by atoms with E-state index >= 15 is 0 Å². The molecule has 6 heteroatoms. The van der Waals surface area contributed by atoms with E-state index in [1.54, 1.807) is 20.8 Å². The Bertz CT molecular complexity index is 466. The van der Waals surface area contributed by atoms with Crippen LogP contribution in [0.1, 0.15) is 20.8 Å². The Morgan fingerprint density at radius 1 is 1.26 bits per heavy atom. The largest absolute Gasteiger partial charge is 0.480 e. The van der Waals surface area contributed by atoms with Crippen molar-refractivity contribution in [1.29, 1.82) is 0 Å². The number of benzene rings is 1. The fraction of sp³-hybridized carbons (Fsp3) is 0.385. The van der Waals surface area contributed by atoms with Crippen LogP contribution in [0.5, 0.6) is 0 Å². The molecule has 0 saturated carbocycles. The molecule has 0 radical (unpaired) electrons. The molecule has 5 nitrogen and oxygen atoms in total. The Morgan fingerprint density at radius 3 is 2.21 bits per heavy atom. The number of carbonyl (C=O) groups excluding carboxylic acids is 1. The molecule has 0 unspecified atom stereocenters. The van der Waals surface area contributed by atoms with Gasteiger partial charge in [-0.25, -0.2) is 9.18 Å². The van der Waals surface area contributed by atoms with E-state index in [-0.39, 0.29) is 0 Å². The maximum atomic E-state index is 12.7. The Morgan fingerprint density at radius 2 is 1.79 bits per heavy atom. The number of hydrogen-bond acceptors (Lipinski definition) is 2. The van der Waals surface area contributed by atoms with E-state index < -0.39 is 29.9 Å². The number of urea groups is 1. The summed E-state index contributed by atoms with van der Waals surface area (Å²) in [7, 11) is 0. The monoisotopic (exact) mass is 268 g/mol. The van der Waals surface area contributed by atoms with Crippen LogP contribution in [0.2, 0.25) is 0 Å². The third kappa shape index (κ3) is 4.57. The molecule has 0 atom stereocenters. The van der Waals surface area contributed by atoms with Gasteiger partial charge < -0.3 is 15.3 Å². The lowest BCUT2D eigenvalue weighted by molar-refractivity contribution is -0.138. The first-order chi connectivity index (χ1) is 8.70. The number of carboxylic acids is 1. The Kier molecular flexibility index (Phi) is 4.47. The van der Waals surface area contributed by atoms with Crippen molar-refractivity contribution in [2.75, 3.05) is 11.9 Å². The number of hydrogen-bond donors (Lipinski definition) is 2. The third-order valence-corrected chi connectivity index (χ3v) is 2.44. The number of halogens is 1. The normalized spacial score (nSPS) is 10.9. The number of nitrogens with zero attached hydrogens (tertiary/aromatic N) is 1. The maximum Gasteiger partial charge on any atom is 0.323 e. The molecular formula is C13H17FN2O3. The highest BCUT2D eigenvalue weighted by Crippen LogP contribution is 2.16. The predicted octanol–water partition coefficient (Wildman–Crippen LogP) is 2.54. The van der Waals surface area contributed by atoms with Gasteiger partial charge in [-0.3, -0.25) is 4.79 Å². The summed E-state index contributed by atoms with van der Waals surface area (Å²) < 4.78 is 12.7. The number of carboxylic acid groups (broad SMARTS) is 1. The van der Waals surface area contributed by atoms with Gasteiger partial charge in [0.1, 0.15) is 12.4 Å². The van der Waals surface area contributed by atoms with Crippen molar-refractivity contribution in [2.24, 2.45) is 0 Å². The summed E-state index contributed by atoms with van der Waals surface area (Å²) >= 11 is 0. The molecule has 0 aromatic heterocycles. The first-order valence-electron chi connectivity index (χ1n) is 5.76. The number of aliphatic carboxylic acids is 1. The summed E-state index contributed by atoms with van der Waals surface area (Å²) in [4.78, 5) is 24.0. The molecule has 0 spiro atoms. The highest BCUT2D eigenvalue weighted by Gasteiger charge is 2.28. The van der Waals surface area contributed by atoms with Gasteiger partial charge >= 0.3 is 12.0 Å². The fourth-order valence-corrected chi connectivity index (χ4v) is 1.47. The van der Waals surface area contributed by atoms with E-state index in [1.165, 1.54) is 29.2 Å². The van der Waals surface area contributed by atoms with E-state index in [0.717, 1.165) is 0 Å². The molecule has 0 aliphatic rings. The second kappa shape index (κ2) is 5.69. The lowest BCUT2D eigenvalue weighted by Gasteiger charge is -2.34. The number of anilines is 1. The average molecular weight is 268 g/mol. The van der Waals surface area contributed by atoms with Gasteiger partial charge in [0.2, 0.25) is 0 Å². The van der Waals surface area contributed by atoms with Gasteiger partial charge in [-0.15, -0.1) is 0 Å². The molecule has 0 fully saturated rings. The minimum absolute atomic E-state index is 0.406. The molecule has 104 valence electrons. The van der Waals surface area contributed by atoms with Gasteiger partial charge in [-0.05, 0) is 45.0 Å². The molecule has 0 heterocycles. The zero-order valence-corrected chi connectivity index (χ0v) is 11.1. The molecule has 19 heavy (non-hydrogen) atoms. The van der Waals surface area contributed by atoms with Crippen molar-refractivity contribution in [3.05, 3.63) is 30.1 Å². The number of nitrogens with one attached hydrogen (secondary N) is 1. The summed E-state index contributed by atoms with van der Waals surface area (Å²) in [5, 5.41) is 11.4. The van der Waals surface area contributed by atoms with Crippen LogP contribution in [0.4, 0.5) is 14.9 Å². The van der Waals surface area contributed by atoms with E-state index in [1.807, 2.05) is 0 Å². The van der Waals surface area contributed by atoms with E-state index in [0.29, 0.717) is 5.69 Å². The lowest BCUT2D eigenvalue weighted by atomic mass is 10.1. The first kappa shape index (κ1) is 14.9. The van der Waals surface area contributed by atoms with Gasteiger partial charge in [-0.2, -0.15) is 0 Å². The van der Waals surface area contributed by atoms with Crippen molar-refractivity contribution < 1.29 is 19.1 Å². The zero-order valence-electron chi connectivity index (χ0n) is 11.1. The summed E-state index contributed by atoms with van der Waals surface area (Å²) in [6.07, 6.45) is 0. The SMILES string of the molecule is CC(C)(C)N(CC(=O)O)C(=O)Nc1ccc(F)cc1. The molecule has 0 saturated heterocycles. The fourth-order valence-electron chi connectivity index (χ4n) is 1.47. The molecule has 0 aliphatic heterocycles. The molecule has 1 aromatic rings. The molecule has 1 aromatic carbocycles. The van der Waals surface area contributed by atoms with Gasteiger partial charge in [0, 0.05) is 11.2 Å². The van der Waals surface area contributed by atoms with Gasteiger partial charge in [0.15, 0.2) is 0 Å². The van der Waals surface area contributed by atoms with Crippen LogP contribution < -0.4 is 5.32 Å². The average Bonchev–Trinajstić information content (AvgIpc) is 2.27. The van der Waals surface area contributed by atoms with Crippen LogP contribution in [0.3, 0.4) is 0 Å². The van der Waals surface area contributed by atoms with Crippen LogP contribution in [-0.4, -0.2) is 34.1 Å². The van der Waals surface area contributed by atoms with Gasteiger partial charge in [0.05, 0.1) is 0 Å². The summed E-state index contributed by atoms with van der Waals surface area (Å²) in [6, 6.07) is 4.72. The van der Waals surface area contributed by atoms with Crippen LogP contribution in [-0.2, 0) is 4.79 Å². The number of amides is 2. The molecule has 0 bridgehead atoms. The van der Waals surface area contributed by atoms with Crippen molar-refractivity contribution in [3.8, 4) is 0 Å². The van der Waals surface area contributed by atoms with Gasteiger partial charge in [-0.1, -0.05) is 0 Å². The van der Waals surface area contributed by atoms with Crippen molar-refractivity contribution in [2.45, 2.75) is 26.3 Å². The Labute approximate surface area is 111 Å². The van der Waals surface area contributed by atoms with Crippen molar-refractivity contribution in [1.82, 2.24) is 4.90 Å². The highest BCUT2D eigenvalue weighted by molar-refractivity contribution is 5.91. The predicted molar refractivity (Wildman–Crippen MR) is 69.5 cm³/mol. The third-order valence-electron chi connectivity index (χ3n) is 2.44. The topological polar surface area (TPSA) is 69.6 Å². The smallest absolute Gasteiger partial charge is 0.323 e. The lowest BCUT2D eigenvalue weighted by Crippen LogP contribution is -2.50. The van der Waals surface area contributed by atoms with Crippen LogP contribution >= 0.6 is 0 Å². The van der Waals surface area contributed by atoms with Crippen molar-refractivity contribution >= 4 is 17.7 Å². The maximum absolute atomic E-state index is 12.7. The Balaban J connectivity index is 2.82. The standard InChI is InChI=1S/C13H17FN2O3/c1-13(2,3)16(8-11(17)18)12(19)15-10-6-4-9(14)5-7-10/h4-7H,8H2,1-3H3,(H,15,19)(H,17,18). The van der Waals surface area contributed by atoms with E-state index in [9.17, 15) is 14.0 Å². The van der Waals surface area contributed by atoms with Crippen LogP contribution in [0.15, 0.2) is 24.3 Å². The second-order valence-corrected chi connectivity index (χ2v) is 5.09. The van der Waals surface area contributed by atoms with E-state index in [4.69, 9.17) is 5.11 Å². The van der Waals surface area contributed by atoms with Crippen LogP contribution in [0.25, 0.3) is 0 Å². The summed E-state index contributed by atoms with van der Waals surface area (Å²) in [5.74, 6) is -1.50. The van der Waals surface area contributed by atoms with Gasteiger partial charge in [0.25, 0.3) is 0 Å². The van der Waals surface area contributed by atoms with Crippen LogP contribution in [0, 0.1) is 5.82 Å². The number of carbonyl (C=O) groups is 2. The second-order valence-electron chi connectivity index (χ2n) is 5.09. The molecule has 2 N–H and O–H groups in total. The molecular weight excluding hydrogens is 251 g/mol. The zero-order chi connectivity index (χ0) is 14.6. The highest BCUT2D eigenvalue weighted by atomic mass is 19.1. The molecule has 0 aliphatic carbocycles. The summed E-state index contributed by atoms with van der Waals surface area (Å²) in [6.45, 7) is 4.80. The molecule has 2 amide bonds. The molecule has 1 rings (SSSR count). The van der Waals surface area contributed by atoms with Crippen molar-refractivity contribution in [3.63, 3.8) is 0 Å². The minimum Gasteiger partial charge on any atom is -0.480 e. The minimum atomic E-state index is -1.09. The quantitative estimate of drug-likeness (QED) is 0.885.